The number of carbonyl (C=O) groups is 1. The van der Waals surface area contributed by atoms with E-state index in [-0.39, 0.29) is 29.7 Å². The summed E-state index contributed by atoms with van der Waals surface area (Å²) in [5.41, 5.74) is 1.74. The highest BCUT2D eigenvalue weighted by molar-refractivity contribution is 7.91. The maximum atomic E-state index is 13.4. The number of benzene rings is 2. The first-order chi connectivity index (χ1) is 15.8. The van der Waals surface area contributed by atoms with Gasteiger partial charge in [0.05, 0.1) is 18.1 Å². The van der Waals surface area contributed by atoms with Crippen LogP contribution in [0, 0.1) is 0 Å². The van der Waals surface area contributed by atoms with E-state index in [1.165, 1.54) is 0 Å². The Morgan fingerprint density at radius 2 is 1.91 bits per heavy atom. The van der Waals surface area contributed by atoms with Crippen molar-refractivity contribution in [3.05, 3.63) is 70.9 Å². The first-order valence-electron chi connectivity index (χ1n) is 10.8. The van der Waals surface area contributed by atoms with E-state index in [4.69, 9.17) is 20.9 Å². The van der Waals surface area contributed by atoms with Gasteiger partial charge in [0, 0.05) is 29.2 Å². The number of carbonyl (C=O) groups excluding carboxylic acids is 1. The van der Waals surface area contributed by atoms with Crippen LogP contribution in [0.25, 0.3) is 11.3 Å². The van der Waals surface area contributed by atoms with Crippen molar-refractivity contribution >= 4 is 27.3 Å². The highest BCUT2D eigenvalue weighted by atomic mass is 35.5. The molecule has 0 spiro atoms. The Labute approximate surface area is 198 Å². The molecule has 2 heterocycles. The average molecular weight is 489 g/mol. The van der Waals surface area contributed by atoms with E-state index in [9.17, 15) is 13.2 Å². The zero-order chi connectivity index (χ0) is 23.4. The molecule has 3 aromatic rings. The molecule has 9 heteroatoms. The minimum absolute atomic E-state index is 0.0572. The Morgan fingerprint density at radius 3 is 2.55 bits per heavy atom. The largest absolute Gasteiger partial charge is 0.494 e. The summed E-state index contributed by atoms with van der Waals surface area (Å²) < 4.78 is 35.3. The lowest BCUT2D eigenvalue weighted by molar-refractivity contribution is 0.0670. The van der Waals surface area contributed by atoms with Crippen LogP contribution in [-0.4, -0.2) is 48.5 Å². The fraction of sp³-hybridized carbons (Fsp3) is 0.333. The van der Waals surface area contributed by atoms with E-state index in [1.807, 2.05) is 31.2 Å². The summed E-state index contributed by atoms with van der Waals surface area (Å²) in [5.74, 6) is 0.836. The Balaban J connectivity index is 1.57. The Kier molecular flexibility index (Phi) is 7.05. The Bertz CT molecular complexity index is 1210. The number of ether oxygens (including phenoxy) is 1. The van der Waals surface area contributed by atoms with E-state index in [0.717, 1.165) is 23.3 Å². The topological polar surface area (TPSA) is 89.7 Å². The molecule has 1 saturated heterocycles. The monoisotopic (exact) mass is 488 g/mol. The van der Waals surface area contributed by atoms with E-state index in [1.54, 1.807) is 35.2 Å². The van der Waals surface area contributed by atoms with Crippen LogP contribution in [0.4, 0.5) is 0 Å². The van der Waals surface area contributed by atoms with Crippen molar-refractivity contribution in [3.8, 4) is 17.1 Å². The predicted octanol–water partition coefficient (Wildman–Crippen LogP) is 4.61. The average Bonchev–Trinajstić information content (AvgIpc) is 3.43. The summed E-state index contributed by atoms with van der Waals surface area (Å²) in [7, 11) is -3.18. The molecule has 0 bridgehead atoms. The zero-order valence-electron chi connectivity index (χ0n) is 18.2. The molecule has 0 unspecified atom stereocenters. The van der Waals surface area contributed by atoms with E-state index < -0.39 is 15.9 Å². The minimum atomic E-state index is -3.18. The first-order valence-corrected chi connectivity index (χ1v) is 13.0. The summed E-state index contributed by atoms with van der Waals surface area (Å²) in [6.45, 7) is 2.93. The third kappa shape index (κ3) is 5.75. The van der Waals surface area contributed by atoms with Gasteiger partial charge in [0.15, 0.2) is 21.3 Å². The SMILES string of the molecule is CCCOc1ccc(CN(C(=O)c2cc(-c3ccc(Cl)cc3)on2)[C@H]2CCS(=O)(=O)C2)cc1. The number of amides is 1. The van der Waals surface area contributed by atoms with Gasteiger partial charge in [-0.1, -0.05) is 35.8 Å². The van der Waals surface area contributed by atoms with Crippen molar-refractivity contribution in [2.45, 2.75) is 32.4 Å². The van der Waals surface area contributed by atoms with E-state index in [0.29, 0.717) is 23.8 Å². The summed E-state index contributed by atoms with van der Waals surface area (Å²) in [5, 5.41) is 4.56. The van der Waals surface area contributed by atoms with Gasteiger partial charge in [-0.15, -0.1) is 0 Å². The lowest BCUT2D eigenvalue weighted by atomic mass is 10.1. The van der Waals surface area contributed by atoms with Gasteiger partial charge < -0.3 is 14.2 Å². The molecule has 174 valence electrons. The molecule has 0 radical (unpaired) electrons. The zero-order valence-corrected chi connectivity index (χ0v) is 19.8. The maximum Gasteiger partial charge on any atom is 0.276 e. The van der Waals surface area contributed by atoms with Crippen LogP contribution in [0.1, 0.15) is 35.8 Å². The first kappa shape index (κ1) is 23.3. The number of hydrogen-bond donors (Lipinski definition) is 0. The fourth-order valence-corrected chi connectivity index (χ4v) is 5.63. The highest BCUT2D eigenvalue weighted by Crippen LogP contribution is 2.26. The van der Waals surface area contributed by atoms with Gasteiger partial charge in [-0.3, -0.25) is 4.79 Å². The van der Waals surface area contributed by atoms with Gasteiger partial charge in [-0.2, -0.15) is 0 Å². The standard InChI is InChI=1S/C24H25ClN2O5S/c1-2-12-31-21-9-3-17(4-10-21)15-27(20-11-13-33(29,30)16-20)24(28)22-14-23(32-26-22)18-5-7-19(25)8-6-18/h3-10,14,20H,2,11-13,15-16H2,1H3/t20-/m0/s1. The van der Waals surface area contributed by atoms with Crippen molar-refractivity contribution < 1.29 is 22.5 Å². The third-order valence-electron chi connectivity index (χ3n) is 5.52. The summed E-state index contributed by atoms with van der Waals surface area (Å²) >= 11 is 5.94. The van der Waals surface area contributed by atoms with Crippen molar-refractivity contribution in [1.29, 1.82) is 0 Å². The molecule has 1 amide bonds. The second-order valence-electron chi connectivity index (χ2n) is 8.07. The Morgan fingerprint density at radius 1 is 1.18 bits per heavy atom. The second kappa shape index (κ2) is 9.97. The van der Waals surface area contributed by atoms with Gasteiger partial charge in [0.25, 0.3) is 5.91 Å². The summed E-state index contributed by atoms with van der Waals surface area (Å²) in [4.78, 5) is 15.0. The molecule has 0 aliphatic carbocycles. The van der Waals surface area contributed by atoms with E-state index >= 15 is 0 Å². The normalized spacial score (nSPS) is 17.1. The maximum absolute atomic E-state index is 13.4. The number of halogens is 1. The molecule has 33 heavy (non-hydrogen) atoms. The lowest BCUT2D eigenvalue weighted by Crippen LogP contribution is -2.40. The number of hydrogen-bond acceptors (Lipinski definition) is 6. The van der Waals surface area contributed by atoms with Crippen molar-refractivity contribution in [2.75, 3.05) is 18.1 Å². The van der Waals surface area contributed by atoms with Crippen LogP contribution >= 0.6 is 11.6 Å². The lowest BCUT2D eigenvalue weighted by Gasteiger charge is -2.27. The van der Waals surface area contributed by atoms with Crippen LogP contribution in [0.5, 0.6) is 5.75 Å². The molecule has 1 aliphatic rings. The molecule has 1 fully saturated rings. The number of nitrogens with zero attached hydrogens (tertiary/aromatic N) is 2. The molecule has 1 aromatic heterocycles. The number of rotatable bonds is 8. The molecular weight excluding hydrogens is 464 g/mol. The smallest absolute Gasteiger partial charge is 0.276 e. The van der Waals surface area contributed by atoms with Gasteiger partial charge in [-0.05, 0) is 54.8 Å². The van der Waals surface area contributed by atoms with Crippen LogP contribution in [-0.2, 0) is 16.4 Å². The number of aromatic nitrogens is 1. The van der Waals surface area contributed by atoms with E-state index in [2.05, 4.69) is 5.16 Å². The molecule has 4 rings (SSSR count). The summed E-state index contributed by atoms with van der Waals surface area (Å²) in [6, 6.07) is 15.6. The van der Waals surface area contributed by atoms with Crippen LogP contribution in [0.2, 0.25) is 5.02 Å². The molecular formula is C24H25ClN2O5S. The molecule has 2 aromatic carbocycles. The van der Waals surface area contributed by atoms with Crippen molar-refractivity contribution in [1.82, 2.24) is 10.1 Å². The third-order valence-corrected chi connectivity index (χ3v) is 7.52. The Hall–Kier alpha value is -2.84. The number of sulfone groups is 1. The molecule has 1 aliphatic heterocycles. The minimum Gasteiger partial charge on any atom is -0.494 e. The van der Waals surface area contributed by atoms with Gasteiger partial charge in [0.2, 0.25) is 0 Å². The molecule has 7 nitrogen and oxygen atoms in total. The van der Waals surface area contributed by atoms with Crippen LogP contribution in [0.3, 0.4) is 0 Å². The summed E-state index contributed by atoms with van der Waals surface area (Å²) in [6.07, 6.45) is 1.31. The van der Waals surface area contributed by atoms with Crippen molar-refractivity contribution in [2.24, 2.45) is 0 Å². The molecule has 1 atom stereocenters. The van der Waals surface area contributed by atoms with Gasteiger partial charge in [0.1, 0.15) is 5.75 Å². The van der Waals surface area contributed by atoms with Gasteiger partial charge in [-0.25, -0.2) is 8.42 Å². The highest BCUT2D eigenvalue weighted by Gasteiger charge is 2.36. The van der Waals surface area contributed by atoms with Crippen LogP contribution in [0.15, 0.2) is 59.1 Å². The van der Waals surface area contributed by atoms with Crippen LogP contribution < -0.4 is 4.74 Å². The quantitative estimate of drug-likeness (QED) is 0.460. The fourth-order valence-electron chi connectivity index (χ4n) is 3.77. The second-order valence-corrected chi connectivity index (χ2v) is 10.7. The van der Waals surface area contributed by atoms with Crippen molar-refractivity contribution in [3.63, 3.8) is 0 Å². The van der Waals surface area contributed by atoms with Gasteiger partial charge >= 0.3 is 0 Å². The molecule has 0 N–H and O–H groups in total. The predicted molar refractivity (Wildman–Crippen MR) is 126 cm³/mol. The molecule has 0 saturated carbocycles.